The van der Waals surface area contributed by atoms with Gasteiger partial charge in [0.05, 0.1) is 17.7 Å². The lowest BCUT2D eigenvalue weighted by Crippen LogP contribution is -2.33. The lowest BCUT2D eigenvalue weighted by atomic mass is 10.0. The Kier molecular flexibility index (Phi) is 4.36. The number of carbonyl (C=O) groups excluding carboxylic acids is 1. The van der Waals surface area contributed by atoms with Crippen LogP contribution in [-0.4, -0.2) is 33.1 Å². The maximum Gasteiger partial charge on any atom is 0.416 e. The molecule has 2 aromatic rings. The Labute approximate surface area is 143 Å². The Morgan fingerprint density at radius 3 is 2.56 bits per heavy atom. The minimum Gasteiger partial charge on any atom is -0.391 e. The van der Waals surface area contributed by atoms with Crippen molar-refractivity contribution >= 4 is 5.91 Å². The van der Waals surface area contributed by atoms with Crippen LogP contribution in [-0.2, 0) is 13.2 Å². The molecule has 1 N–H and O–H groups in total. The van der Waals surface area contributed by atoms with Gasteiger partial charge in [-0.05, 0) is 43.2 Å². The first-order valence-corrected chi connectivity index (χ1v) is 7.97. The minimum atomic E-state index is -4.45. The average molecular weight is 352 g/mol. The van der Waals surface area contributed by atoms with E-state index in [-0.39, 0.29) is 18.9 Å². The van der Waals surface area contributed by atoms with E-state index in [2.05, 4.69) is 0 Å². The number of aryl methyl sites for hydroxylation is 1. The highest BCUT2D eigenvalue weighted by Crippen LogP contribution is 2.36. The van der Waals surface area contributed by atoms with E-state index in [0.717, 1.165) is 17.8 Å². The minimum absolute atomic E-state index is 0.101. The van der Waals surface area contributed by atoms with Crippen LogP contribution < -0.4 is 0 Å². The Morgan fingerprint density at radius 2 is 1.96 bits per heavy atom. The number of rotatable bonds is 2. The standard InChI is InChI=1S/C18H19F3N2O2/c1-11-6-7-15(22(11)2)17(25)23-10-14(24)9-16(23)12-4-3-5-13(8-12)18(19,20)21/h3-8,14,16,24H,9-10H2,1-2H3/t14-,16-/m0/s1. The van der Waals surface area contributed by atoms with Crippen molar-refractivity contribution in [2.24, 2.45) is 7.05 Å². The Morgan fingerprint density at radius 1 is 1.24 bits per heavy atom. The maximum atomic E-state index is 13.0. The predicted molar refractivity (Wildman–Crippen MR) is 86.0 cm³/mol. The van der Waals surface area contributed by atoms with Crippen LogP contribution in [0.2, 0.25) is 0 Å². The topological polar surface area (TPSA) is 45.5 Å². The Bertz CT molecular complexity index is 798. The van der Waals surface area contributed by atoms with Crippen molar-refractivity contribution in [2.75, 3.05) is 6.54 Å². The average Bonchev–Trinajstić information content (AvgIpc) is 3.10. The first-order valence-electron chi connectivity index (χ1n) is 7.97. The third-order valence-electron chi connectivity index (χ3n) is 4.73. The van der Waals surface area contributed by atoms with Crippen LogP contribution >= 0.6 is 0 Å². The van der Waals surface area contributed by atoms with Crippen LogP contribution in [0.1, 0.15) is 39.8 Å². The fourth-order valence-electron chi connectivity index (χ4n) is 3.25. The monoisotopic (exact) mass is 352 g/mol. The second-order valence-electron chi connectivity index (χ2n) is 6.41. The van der Waals surface area contributed by atoms with Gasteiger partial charge in [-0.15, -0.1) is 0 Å². The number of alkyl halides is 3. The van der Waals surface area contributed by atoms with Gasteiger partial charge < -0.3 is 14.6 Å². The molecular weight excluding hydrogens is 333 g/mol. The number of nitrogens with zero attached hydrogens (tertiary/aromatic N) is 2. The molecule has 1 amide bonds. The van der Waals surface area contributed by atoms with Gasteiger partial charge in [-0.2, -0.15) is 13.2 Å². The molecule has 1 aromatic carbocycles. The van der Waals surface area contributed by atoms with Crippen molar-refractivity contribution in [1.82, 2.24) is 9.47 Å². The molecule has 7 heteroatoms. The largest absolute Gasteiger partial charge is 0.416 e. The third-order valence-corrected chi connectivity index (χ3v) is 4.73. The Hall–Kier alpha value is -2.28. The quantitative estimate of drug-likeness (QED) is 0.901. The van der Waals surface area contributed by atoms with E-state index in [1.165, 1.54) is 11.0 Å². The van der Waals surface area contributed by atoms with Gasteiger partial charge in [-0.3, -0.25) is 4.79 Å². The zero-order valence-electron chi connectivity index (χ0n) is 13.9. The molecule has 1 fully saturated rings. The van der Waals surface area contributed by atoms with Crippen LogP contribution in [0.3, 0.4) is 0 Å². The van der Waals surface area contributed by atoms with Crippen LogP contribution in [0.25, 0.3) is 0 Å². The van der Waals surface area contributed by atoms with Gasteiger partial charge in [0.15, 0.2) is 0 Å². The number of likely N-dealkylation sites (tertiary alicyclic amines) is 1. The van der Waals surface area contributed by atoms with Gasteiger partial charge in [-0.25, -0.2) is 0 Å². The highest BCUT2D eigenvalue weighted by molar-refractivity contribution is 5.93. The zero-order chi connectivity index (χ0) is 18.4. The van der Waals surface area contributed by atoms with Gasteiger partial charge in [0.1, 0.15) is 5.69 Å². The normalized spacial score (nSPS) is 21.0. The number of benzene rings is 1. The lowest BCUT2D eigenvalue weighted by molar-refractivity contribution is -0.137. The van der Waals surface area contributed by atoms with E-state index in [0.29, 0.717) is 11.3 Å². The van der Waals surface area contributed by atoms with Crippen molar-refractivity contribution in [3.63, 3.8) is 0 Å². The highest BCUT2D eigenvalue weighted by Gasteiger charge is 2.38. The fourth-order valence-corrected chi connectivity index (χ4v) is 3.25. The molecule has 4 nitrogen and oxygen atoms in total. The number of hydrogen-bond acceptors (Lipinski definition) is 2. The number of halogens is 3. The summed E-state index contributed by atoms with van der Waals surface area (Å²) in [4.78, 5) is 14.3. The second-order valence-corrected chi connectivity index (χ2v) is 6.41. The molecular formula is C18H19F3N2O2. The molecule has 1 saturated heterocycles. The first-order chi connectivity index (χ1) is 11.7. The molecule has 0 unspecified atom stereocenters. The molecule has 2 atom stereocenters. The van der Waals surface area contributed by atoms with Crippen LogP contribution in [0, 0.1) is 6.92 Å². The number of amides is 1. The number of aromatic nitrogens is 1. The summed E-state index contributed by atoms with van der Waals surface area (Å²) in [5.41, 5.74) is 0.974. The molecule has 134 valence electrons. The number of hydrogen-bond donors (Lipinski definition) is 1. The summed E-state index contributed by atoms with van der Waals surface area (Å²) < 4.78 is 40.7. The van der Waals surface area contributed by atoms with Crippen molar-refractivity contribution in [3.8, 4) is 0 Å². The molecule has 2 heterocycles. The molecule has 25 heavy (non-hydrogen) atoms. The Balaban J connectivity index is 1.95. The van der Waals surface area contributed by atoms with Gasteiger partial charge in [-0.1, -0.05) is 12.1 Å². The number of β-amino-alcohol motifs (C(OH)–C–C–N with tert-alkyl or cyclic N) is 1. The summed E-state index contributed by atoms with van der Waals surface area (Å²) in [6.07, 6.45) is -4.99. The number of aliphatic hydroxyl groups is 1. The molecule has 1 aliphatic rings. The fraction of sp³-hybridized carbons (Fsp3) is 0.389. The molecule has 0 aliphatic carbocycles. The van der Waals surface area contributed by atoms with Gasteiger partial charge in [0.2, 0.25) is 0 Å². The third kappa shape index (κ3) is 3.28. The summed E-state index contributed by atoms with van der Waals surface area (Å²) >= 11 is 0. The summed E-state index contributed by atoms with van der Waals surface area (Å²) in [7, 11) is 1.76. The van der Waals surface area contributed by atoms with Crippen molar-refractivity contribution in [3.05, 3.63) is 58.9 Å². The van der Waals surface area contributed by atoms with Gasteiger partial charge in [0, 0.05) is 19.3 Å². The summed E-state index contributed by atoms with van der Waals surface area (Å²) in [5, 5.41) is 10.0. The van der Waals surface area contributed by atoms with Crippen LogP contribution in [0.4, 0.5) is 13.2 Å². The molecule has 0 radical (unpaired) electrons. The number of aliphatic hydroxyl groups excluding tert-OH is 1. The molecule has 0 saturated carbocycles. The van der Waals surface area contributed by atoms with Crippen molar-refractivity contribution in [2.45, 2.75) is 31.7 Å². The maximum absolute atomic E-state index is 13.0. The van der Waals surface area contributed by atoms with Crippen LogP contribution in [0.15, 0.2) is 36.4 Å². The summed E-state index contributed by atoms with van der Waals surface area (Å²) in [5.74, 6) is -0.297. The molecule has 0 spiro atoms. The number of carbonyl (C=O) groups is 1. The predicted octanol–water partition coefficient (Wildman–Crippen LogP) is 3.30. The smallest absolute Gasteiger partial charge is 0.391 e. The van der Waals surface area contributed by atoms with E-state index >= 15 is 0 Å². The van der Waals surface area contributed by atoms with Crippen molar-refractivity contribution < 1.29 is 23.1 Å². The van der Waals surface area contributed by atoms with Gasteiger partial charge >= 0.3 is 6.18 Å². The summed E-state index contributed by atoms with van der Waals surface area (Å²) in [6, 6.07) is 7.86. The SMILES string of the molecule is Cc1ccc(C(=O)N2C[C@@H](O)C[C@H]2c2cccc(C(F)(F)F)c2)n1C. The highest BCUT2D eigenvalue weighted by atomic mass is 19.4. The molecule has 3 rings (SSSR count). The second kappa shape index (κ2) is 6.22. The van der Waals surface area contributed by atoms with E-state index in [9.17, 15) is 23.1 Å². The van der Waals surface area contributed by atoms with E-state index in [1.54, 1.807) is 29.8 Å². The van der Waals surface area contributed by atoms with Gasteiger partial charge in [0.25, 0.3) is 5.91 Å². The van der Waals surface area contributed by atoms with Crippen LogP contribution in [0.5, 0.6) is 0 Å². The summed E-state index contributed by atoms with van der Waals surface area (Å²) in [6.45, 7) is 1.96. The van der Waals surface area contributed by atoms with E-state index in [4.69, 9.17) is 0 Å². The van der Waals surface area contributed by atoms with E-state index in [1.807, 2.05) is 6.92 Å². The molecule has 1 aromatic heterocycles. The molecule has 1 aliphatic heterocycles. The molecule has 0 bridgehead atoms. The zero-order valence-corrected chi connectivity index (χ0v) is 13.9. The lowest BCUT2D eigenvalue weighted by Gasteiger charge is -2.25. The van der Waals surface area contributed by atoms with Crippen molar-refractivity contribution in [1.29, 1.82) is 0 Å². The first kappa shape index (κ1) is 17.5. The van der Waals surface area contributed by atoms with E-state index < -0.39 is 23.9 Å².